The molecule has 0 bridgehead atoms. The first-order chi connectivity index (χ1) is 6.68. The molecule has 1 aromatic rings. The van der Waals surface area contributed by atoms with Gasteiger partial charge in [0.1, 0.15) is 0 Å². The van der Waals surface area contributed by atoms with Crippen LogP contribution in [0, 0.1) is 5.92 Å². The summed E-state index contributed by atoms with van der Waals surface area (Å²) in [6.07, 6.45) is 5.41. The fourth-order valence-corrected chi connectivity index (χ4v) is 2.51. The molecule has 3 heteroatoms. The van der Waals surface area contributed by atoms with E-state index in [2.05, 4.69) is 18.1 Å². The number of rotatable bonds is 1. The summed E-state index contributed by atoms with van der Waals surface area (Å²) in [5.41, 5.74) is 7.35. The molecule has 0 saturated heterocycles. The van der Waals surface area contributed by atoms with Crippen LogP contribution in [-0.2, 0) is 7.05 Å². The Morgan fingerprint density at radius 3 is 2.93 bits per heavy atom. The van der Waals surface area contributed by atoms with Crippen molar-refractivity contribution in [2.24, 2.45) is 18.7 Å². The molecule has 3 unspecified atom stereocenters. The normalized spacial score (nSPS) is 33.2. The van der Waals surface area contributed by atoms with E-state index in [0.29, 0.717) is 12.0 Å². The second kappa shape index (κ2) is 3.73. The van der Waals surface area contributed by atoms with Gasteiger partial charge < -0.3 is 5.73 Å². The van der Waals surface area contributed by atoms with Crippen molar-refractivity contribution in [3.63, 3.8) is 0 Å². The Kier molecular flexibility index (Phi) is 2.59. The second-order valence-electron chi connectivity index (χ2n) is 4.54. The van der Waals surface area contributed by atoms with Crippen molar-refractivity contribution in [1.82, 2.24) is 9.78 Å². The molecule has 78 valence electrons. The predicted molar refractivity (Wildman–Crippen MR) is 56.9 cm³/mol. The maximum absolute atomic E-state index is 6.01. The van der Waals surface area contributed by atoms with Gasteiger partial charge in [-0.2, -0.15) is 5.10 Å². The zero-order valence-electron chi connectivity index (χ0n) is 8.98. The van der Waals surface area contributed by atoms with E-state index in [9.17, 15) is 0 Å². The lowest BCUT2D eigenvalue weighted by atomic mass is 9.76. The predicted octanol–water partition coefficient (Wildman–Crippen LogP) is 1.65. The van der Waals surface area contributed by atoms with E-state index >= 15 is 0 Å². The van der Waals surface area contributed by atoms with Crippen molar-refractivity contribution < 1.29 is 0 Å². The van der Waals surface area contributed by atoms with Gasteiger partial charge in [0.15, 0.2) is 0 Å². The van der Waals surface area contributed by atoms with Gasteiger partial charge in [-0.3, -0.25) is 4.68 Å². The van der Waals surface area contributed by atoms with E-state index in [1.807, 2.05) is 17.9 Å². The Balaban J connectivity index is 2.20. The highest BCUT2D eigenvalue weighted by molar-refractivity contribution is 5.10. The molecule has 0 aromatic carbocycles. The molecule has 0 spiro atoms. The molecule has 1 heterocycles. The van der Waals surface area contributed by atoms with Crippen LogP contribution in [0.1, 0.15) is 37.8 Å². The van der Waals surface area contributed by atoms with Crippen LogP contribution < -0.4 is 5.73 Å². The summed E-state index contributed by atoms with van der Waals surface area (Å²) in [6, 6.07) is 2.50. The van der Waals surface area contributed by atoms with Gasteiger partial charge in [-0.15, -0.1) is 0 Å². The first-order valence-corrected chi connectivity index (χ1v) is 5.42. The van der Waals surface area contributed by atoms with Crippen LogP contribution in [0.2, 0.25) is 0 Å². The molecule has 1 fully saturated rings. The fraction of sp³-hybridized carbons (Fsp3) is 0.727. The van der Waals surface area contributed by atoms with Gasteiger partial charge in [-0.25, -0.2) is 0 Å². The maximum atomic E-state index is 6.01. The maximum Gasteiger partial charge on any atom is 0.0492 e. The van der Waals surface area contributed by atoms with E-state index in [-0.39, 0.29) is 0 Å². The van der Waals surface area contributed by atoms with Gasteiger partial charge in [0.25, 0.3) is 0 Å². The molecular formula is C11H19N3. The number of hydrogen-bond donors (Lipinski definition) is 1. The van der Waals surface area contributed by atoms with E-state index in [4.69, 9.17) is 5.73 Å². The smallest absolute Gasteiger partial charge is 0.0492 e. The summed E-state index contributed by atoms with van der Waals surface area (Å²) in [4.78, 5) is 0. The van der Waals surface area contributed by atoms with E-state index in [1.54, 1.807) is 0 Å². The Morgan fingerprint density at radius 2 is 2.29 bits per heavy atom. The lowest BCUT2D eigenvalue weighted by molar-refractivity contribution is 0.290. The van der Waals surface area contributed by atoms with Crippen LogP contribution in [0.15, 0.2) is 12.3 Å². The number of aromatic nitrogens is 2. The lowest BCUT2D eigenvalue weighted by Crippen LogP contribution is -2.31. The number of aryl methyl sites for hydroxylation is 1. The van der Waals surface area contributed by atoms with E-state index < -0.39 is 0 Å². The molecule has 1 aliphatic carbocycles. The van der Waals surface area contributed by atoms with Crippen LogP contribution in [-0.4, -0.2) is 15.8 Å². The summed E-state index contributed by atoms with van der Waals surface area (Å²) < 4.78 is 1.99. The highest BCUT2D eigenvalue weighted by Gasteiger charge is 2.28. The molecule has 2 rings (SSSR count). The van der Waals surface area contributed by atoms with Crippen molar-refractivity contribution in [2.75, 3.05) is 0 Å². The van der Waals surface area contributed by atoms with Gasteiger partial charge in [0, 0.05) is 30.9 Å². The van der Waals surface area contributed by atoms with Gasteiger partial charge in [0.2, 0.25) is 0 Å². The van der Waals surface area contributed by atoms with Gasteiger partial charge >= 0.3 is 0 Å². The minimum Gasteiger partial charge on any atom is -0.328 e. The largest absolute Gasteiger partial charge is 0.328 e. The van der Waals surface area contributed by atoms with Crippen LogP contribution in [0.4, 0.5) is 0 Å². The van der Waals surface area contributed by atoms with E-state index in [0.717, 1.165) is 12.3 Å². The molecule has 0 aliphatic heterocycles. The monoisotopic (exact) mass is 193 g/mol. The summed E-state index contributed by atoms with van der Waals surface area (Å²) in [5, 5.41) is 4.23. The SMILES string of the molecule is CC1CCC(N)CC1c1ccnn1C. The average Bonchev–Trinajstić information content (AvgIpc) is 2.56. The quantitative estimate of drug-likeness (QED) is 0.737. The van der Waals surface area contributed by atoms with Crippen molar-refractivity contribution in [2.45, 2.75) is 38.1 Å². The second-order valence-corrected chi connectivity index (χ2v) is 4.54. The molecule has 0 radical (unpaired) electrons. The molecule has 0 amide bonds. The minimum atomic E-state index is 0.381. The van der Waals surface area contributed by atoms with Crippen LogP contribution >= 0.6 is 0 Å². The zero-order valence-corrected chi connectivity index (χ0v) is 8.98. The van der Waals surface area contributed by atoms with Gasteiger partial charge in [-0.05, 0) is 31.2 Å². The minimum absolute atomic E-state index is 0.381. The standard InChI is InChI=1S/C11H19N3/c1-8-3-4-9(12)7-10(8)11-5-6-13-14(11)2/h5-6,8-10H,3-4,7,12H2,1-2H3. The average molecular weight is 193 g/mol. The Labute approximate surface area is 85.3 Å². The highest BCUT2D eigenvalue weighted by atomic mass is 15.3. The van der Waals surface area contributed by atoms with Crippen LogP contribution in [0.25, 0.3) is 0 Å². The third-order valence-electron chi connectivity index (χ3n) is 3.48. The first kappa shape index (κ1) is 9.71. The summed E-state index contributed by atoms with van der Waals surface area (Å²) in [6.45, 7) is 2.32. The summed E-state index contributed by atoms with van der Waals surface area (Å²) in [7, 11) is 2.02. The molecule has 1 saturated carbocycles. The molecule has 1 aromatic heterocycles. The molecular weight excluding hydrogens is 174 g/mol. The van der Waals surface area contributed by atoms with Crippen molar-refractivity contribution in [1.29, 1.82) is 0 Å². The molecule has 3 atom stereocenters. The van der Waals surface area contributed by atoms with Gasteiger partial charge in [0.05, 0.1) is 0 Å². The lowest BCUT2D eigenvalue weighted by Gasteiger charge is -2.32. The third kappa shape index (κ3) is 1.69. The Hall–Kier alpha value is -0.830. The molecule has 2 N–H and O–H groups in total. The first-order valence-electron chi connectivity index (χ1n) is 5.42. The van der Waals surface area contributed by atoms with E-state index in [1.165, 1.54) is 18.5 Å². The van der Waals surface area contributed by atoms with Crippen LogP contribution in [0.3, 0.4) is 0 Å². The third-order valence-corrected chi connectivity index (χ3v) is 3.48. The number of hydrogen-bond acceptors (Lipinski definition) is 2. The fourth-order valence-electron chi connectivity index (χ4n) is 2.51. The Bertz CT molecular complexity index is 305. The number of nitrogens with zero attached hydrogens (tertiary/aromatic N) is 2. The topological polar surface area (TPSA) is 43.8 Å². The number of nitrogens with two attached hydrogens (primary N) is 1. The van der Waals surface area contributed by atoms with Crippen molar-refractivity contribution in [3.8, 4) is 0 Å². The molecule has 1 aliphatic rings. The highest BCUT2D eigenvalue weighted by Crippen LogP contribution is 2.36. The van der Waals surface area contributed by atoms with Crippen LogP contribution in [0.5, 0.6) is 0 Å². The van der Waals surface area contributed by atoms with Crippen molar-refractivity contribution in [3.05, 3.63) is 18.0 Å². The van der Waals surface area contributed by atoms with Gasteiger partial charge in [-0.1, -0.05) is 6.92 Å². The van der Waals surface area contributed by atoms with Crippen molar-refractivity contribution >= 4 is 0 Å². The zero-order chi connectivity index (χ0) is 10.1. The molecule has 3 nitrogen and oxygen atoms in total. The summed E-state index contributed by atoms with van der Waals surface area (Å²) >= 11 is 0. The summed E-state index contributed by atoms with van der Waals surface area (Å²) in [5.74, 6) is 1.34. The Morgan fingerprint density at radius 1 is 1.50 bits per heavy atom. The molecule has 14 heavy (non-hydrogen) atoms.